The highest BCUT2D eigenvalue weighted by atomic mass is 79.9. The van der Waals surface area contributed by atoms with Crippen molar-refractivity contribution in [2.24, 2.45) is 15.3 Å². The van der Waals surface area contributed by atoms with Crippen LogP contribution in [0, 0.1) is 11.7 Å². The molecule has 1 saturated heterocycles. The second kappa shape index (κ2) is 10.3. The fourth-order valence-corrected chi connectivity index (χ4v) is 5.73. The number of allylic oxidation sites excluding steroid dienone is 1. The molecule has 0 radical (unpaired) electrons. The maximum atomic E-state index is 13.8. The first-order valence-electron chi connectivity index (χ1n) is 11.0. The van der Waals surface area contributed by atoms with Gasteiger partial charge in [0.15, 0.2) is 10.8 Å². The number of benzene rings is 1. The van der Waals surface area contributed by atoms with E-state index in [1.54, 1.807) is 33.0 Å². The van der Waals surface area contributed by atoms with E-state index < -0.39 is 33.1 Å². The van der Waals surface area contributed by atoms with Crippen LogP contribution in [0.25, 0.3) is 0 Å². The van der Waals surface area contributed by atoms with Crippen molar-refractivity contribution >= 4 is 55.3 Å². The van der Waals surface area contributed by atoms with Crippen LogP contribution in [0.1, 0.15) is 43.8 Å². The Balaban J connectivity index is 1.85. The zero-order valence-electron chi connectivity index (χ0n) is 19.3. The normalized spacial score (nSPS) is 20.5. The van der Waals surface area contributed by atoms with Crippen LogP contribution in [0.3, 0.4) is 0 Å². The topological polar surface area (TPSA) is 101 Å². The lowest BCUT2D eigenvalue weighted by molar-refractivity contribution is -0.139. The van der Waals surface area contributed by atoms with Crippen LogP contribution in [0.2, 0.25) is 0 Å². The van der Waals surface area contributed by atoms with Crippen LogP contribution < -0.4 is 0 Å². The third kappa shape index (κ3) is 5.24. The van der Waals surface area contributed by atoms with E-state index in [1.807, 2.05) is 10.3 Å². The summed E-state index contributed by atoms with van der Waals surface area (Å²) >= 11 is 4.81. The molecule has 8 nitrogen and oxygen atoms in total. The van der Waals surface area contributed by atoms with Gasteiger partial charge in [-0.15, -0.1) is 11.3 Å². The number of aliphatic imine (C=N–C) groups is 1. The van der Waals surface area contributed by atoms with Crippen molar-refractivity contribution < 1.29 is 22.3 Å². The predicted molar refractivity (Wildman–Crippen MR) is 137 cm³/mol. The molecule has 35 heavy (non-hydrogen) atoms. The van der Waals surface area contributed by atoms with Crippen molar-refractivity contribution in [3.63, 3.8) is 0 Å². The van der Waals surface area contributed by atoms with Crippen molar-refractivity contribution in [3.8, 4) is 0 Å². The molecular formula is C23H24BrFN4O4S2. The van der Waals surface area contributed by atoms with Crippen LogP contribution in [0.15, 0.2) is 54.9 Å². The molecule has 1 fully saturated rings. The number of fused-ring (bicyclic) bond motifs is 1. The number of rotatable bonds is 7. The first kappa shape index (κ1) is 25.6. The summed E-state index contributed by atoms with van der Waals surface area (Å²) in [6.07, 6.45) is 3.47. The van der Waals surface area contributed by atoms with Gasteiger partial charge in [-0.05, 0) is 44.9 Å². The zero-order chi connectivity index (χ0) is 25.3. The van der Waals surface area contributed by atoms with E-state index in [1.165, 1.54) is 29.7 Å². The number of amidine groups is 1. The molecule has 186 valence electrons. The average molecular weight is 584 g/mol. The summed E-state index contributed by atoms with van der Waals surface area (Å²) in [6, 6.07) is 3.48. The van der Waals surface area contributed by atoms with Crippen LogP contribution in [0.5, 0.6) is 0 Å². The average Bonchev–Trinajstić information content (AvgIpc) is 3.47. The van der Waals surface area contributed by atoms with Gasteiger partial charge in [0.25, 0.3) is 10.0 Å². The van der Waals surface area contributed by atoms with Gasteiger partial charge in [-0.2, -0.15) is 4.40 Å². The first-order valence-corrected chi connectivity index (χ1v) is 14.2. The number of nitrogens with zero attached hydrogens (tertiary/aromatic N) is 4. The van der Waals surface area contributed by atoms with E-state index in [0.717, 1.165) is 0 Å². The quantitative estimate of drug-likeness (QED) is 0.352. The van der Waals surface area contributed by atoms with Crippen molar-refractivity contribution in [1.29, 1.82) is 0 Å². The van der Waals surface area contributed by atoms with Gasteiger partial charge in [-0.1, -0.05) is 22.0 Å². The Morgan fingerprint density at radius 1 is 1.43 bits per heavy atom. The maximum Gasteiger partial charge on any atom is 0.338 e. The molecule has 0 saturated carbocycles. The largest absolute Gasteiger partial charge is 0.463 e. The molecular weight excluding hydrogens is 559 g/mol. The lowest BCUT2D eigenvalue weighted by atomic mass is 9.94. The number of ether oxygens (including phenoxy) is 1. The smallest absolute Gasteiger partial charge is 0.338 e. The van der Waals surface area contributed by atoms with Crippen molar-refractivity contribution in [1.82, 2.24) is 9.88 Å². The molecule has 3 heterocycles. The fourth-order valence-electron chi connectivity index (χ4n) is 3.94. The van der Waals surface area contributed by atoms with Crippen LogP contribution in [0.4, 0.5) is 4.39 Å². The van der Waals surface area contributed by atoms with E-state index >= 15 is 0 Å². The second-order valence-corrected chi connectivity index (χ2v) is 12.3. The Hall–Kier alpha value is -2.44. The summed E-state index contributed by atoms with van der Waals surface area (Å²) in [7, 11) is -3.62. The number of thiazole rings is 1. The zero-order valence-corrected chi connectivity index (χ0v) is 22.5. The van der Waals surface area contributed by atoms with E-state index in [4.69, 9.17) is 9.73 Å². The van der Waals surface area contributed by atoms with Crippen LogP contribution >= 0.6 is 27.3 Å². The number of carbonyl (C=O) groups excluding carboxylic acids is 1. The molecule has 1 unspecified atom stereocenters. The third-order valence-electron chi connectivity index (χ3n) is 5.68. The minimum Gasteiger partial charge on any atom is -0.463 e. The van der Waals surface area contributed by atoms with Gasteiger partial charge in [0.1, 0.15) is 11.9 Å². The lowest BCUT2D eigenvalue weighted by Crippen LogP contribution is -2.35. The van der Waals surface area contributed by atoms with Crippen LogP contribution in [-0.4, -0.2) is 54.7 Å². The second-order valence-electron chi connectivity index (χ2n) is 8.33. The highest BCUT2D eigenvalue weighted by Gasteiger charge is 2.42. The third-order valence-corrected chi connectivity index (χ3v) is 8.74. The molecule has 0 amide bonds. The minimum absolute atomic E-state index is 0.174. The summed E-state index contributed by atoms with van der Waals surface area (Å²) in [5.74, 6) is -0.658. The Bertz CT molecular complexity index is 1320. The Morgan fingerprint density at radius 3 is 2.83 bits per heavy atom. The molecule has 0 N–H and O–H groups in total. The molecule has 1 aromatic carbocycles. The molecule has 2 aliphatic rings. The van der Waals surface area contributed by atoms with E-state index in [2.05, 4.69) is 25.3 Å². The number of hydrogen-bond donors (Lipinski definition) is 0. The molecule has 2 aliphatic heterocycles. The SMILES string of the molecule is CCOC(=O)C1=C2CC(/C=N/S(=O)(=O)C(C)C)CN2C(c2nccs2)=N[C@H]1c1ccc(F)cc1Br. The molecule has 1 aromatic heterocycles. The van der Waals surface area contributed by atoms with Gasteiger partial charge in [-0.25, -0.2) is 22.6 Å². The molecule has 12 heteroatoms. The Kier molecular flexibility index (Phi) is 7.53. The van der Waals surface area contributed by atoms with E-state index in [0.29, 0.717) is 45.1 Å². The lowest BCUT2D eigenvalue weighted by Gasteiger charge is -2.31. The van der Waals surface area contributed by atoms with Crippen molar-refractivity contribution in [3.05, 3.63) is 61.9 Å². The molecule has 2 aromatic rings. The van der Waals surface area contributed by atoms with Crippen molar-refractivity contribution in [2.45, 2.75) is 38.5 Å². The maximum absolute atomic E-state index is 13.8. The number of carbonyl (C=O) groups is 1. The van der Waals surface area contributed by atoms with Gasteiger partial charge in [-0.3, -0.25) is 4.99 Å². The van der Waals surface area contributed by atoms with Gasteiger partial charge in [0, 0.05) is 40.4 Å². The van der Waals surface area contributed by atoms with Gasteiger partial charge < -0.3 is 9.64 Å². The predicted octanol–water partition coefficient (Wildman–Crippen LogP) is 4.49. The standard InChI is InChI=1S/C23H24BrFN4O4S2/c1-4-33-23(30)19-18-9-14(11-27-35(31,32)13(2)3)12-29(18)21(22-26-7-8-34-22)28-20(19)16-6-5-15(25)10-17(16)24/h5-8,10-11,13-14,20H,4,9,12H2,1-3H3/b27-11+/t14?,20-/m0/s1. The van der Waals surface area contributed by atoms with Gasteiger partial charge in [0.2, 0.25) is 0 Å². The highest BCUT2D eigenvalue weighted by Crippen LogP contribution is 2.43. The number of aromatic nitrogens is 1. The van der Waals surface area contributed by atoms with Crippen molar-refractivity contribution in [2.75, 3.05) is 13.2 Å². The summed E-state index contributed by atoms with van der Waals surface area (Å²) in [5, 5.41) is 1.85. The van der Waals surface area contributed by atoms with E-state index in [9.17, 15) is 17.6 Å². The van der Waals surface area contributed by atoms with Gasteiger partial charge in [0.05, 0.1) is 17.4 Å². The van der Waals surface area contributed by atoms with Gasteiger partial charge >= 0.3 is 5.97 Å². The Labute approximate surface area is 215 Å². The number of halogens is 2. The minimum atomic E-state index is -3.62. The molecule has 0 aliphatic carbocycles. The Morgan fingerprint density at radius 2 is 2.20 bits per heavy atom. The number of sulfonamides is 1. The summed E-state index contributed by atoms with van der Waals surface area (Å²) in [6.45, 7) is 5.42. The first-order chi connectivity index (χ1) is 16.6. The monoisotopic (exact) mass is 582 g/mol. The van der Waals surface area contributed by atoms with Crippen LogP contribution in [-0.2, 0) is 19.6 Å². The number of esters is 1. The number of hydrogen-bond acceptors (Lipinski definition) is 8. The summed E-state index contributed by atoms with van der Waals surface area (Å²) in [4.78, 5) is 24.4. The molecule has 4 rings (SSSR count). The summed E-state index contributed by atoms with van der Waals surface area (Å²) in [5.41, 5.74) is 1.61. The highest BCUT2D eigenvalue weighted by molar-refractivity contribution is 9.10. The molecule has 2 atom stereocenters. The summed E-state index contributed by atoms with van der Waals surface area (Å²) < 4.78 is 48.1. The molecule has 0 bridgehead atoms. The fraction of sp³-hybridized carbons (Fsp3) is 0.391. The van der Waals surface area contributed by atoms with E-state index in [-0.39, 0.29) is 12.5 Å². The molecule has 0 spiro atoms.